The van der Waals surface area contributed by atoms with Gasteiger partial charge in [0.1, 0.15) is 0 Å². The first-order chi connectivity index (χ1) is 12.5. The molecule has 1 aliphatic rings. The second-order valence-corrected chi connectivity index (χ2v) is 6.94. The molecule has 2 amide bonds. The summed E-state index contributed by atoms with van der Waals surface area (Å²) in [5, 5.41) is 5.29. The van der Waals surface area contributed by atoms with Gasteiger partial charge in [-0.05, 0) is 61.6 Å². The number of amides is 2. The van der Waals surface area contributed by atoms with Crippen LogP contribution in [0.5, 0.6) is 0 Å². The Morgan fingerprint density at radius 2 is 1.54 bits per heavy atom. The molecule has 0 unspecified atom stereocenters. The minimum absolute atomic E-state index is 0.615. The predicted octanol–water partition coefficient (Wildman–Crippen LogP) is 3.81. The third-order valence-corrected chi connectivity index (χ3v) is 4.87. The summed E-state index contributed by atoms with van der Waals surface area (Å²) in [4.78, 5) is 26.6. The monoisotopic (exact) mass is 351 g/mol. The van der Waals surface area contributed by atoms with Gasteiger partial charge in [-0.25, -0.2) is 0 Å². The zero-order chi connectivity index (χ0) is 18.5. The molecule has 0 atom stereocenters. The number of hydrogen-bond donors (Lipinski definition) is 2. The molecule has 0 spiro atoms. The Morgan fingerprint density at radius 3 is 2.19 bits per heavy atom. The highest BCUT2D eigenvalue weighted by Crippen LogP contribution is 2.24. The molecule has 2 aromatic carbocycles. The molecule has 136 valence electrons. The van der Waals surface area contributed by atoms with Gasteiger partial charge in [-0.15, -0.1) is 0 Å². The van der Waals surface area contributed by atoms with E-state index in [4.69, 9.17) is 0 Å². The molecule has 0 aliphatic carbocycles. The van der Waals surface area contributed by atoms with Gasteiger partial charge < -0.3 is 15.5 Å². The lowest BCUT2D eigenvalue weighted by molar-refractivity contribution is -0.133. The first-order valence-electron chi connectivity index (χ1n) is 9.06. The van der Waals surface area contributed by atoms with E-state index >= 15 is 0 Å². The largest absolute Gasteiger partial charge is 0.372 e. The fraction of sp³-hybridized carbons (Fsp3) is 0.333. The van der Waals surface area contributed by atoms with Crippen molar-refractivity contribution in [3.05, 3.63) is 54.1 Å². The molecule has 5 heteroatoms. The van der Waals surface area contributed by atoms with Crippen LogP contribution in [-0.2, 0) is 9.59 Å². The number of carbonyl (C=O) groups excluding carboxylic acids is 2. The van der Waals surface area contributed by atoms with E-state index in [0.29, 0.717) is 11.4 Å². The van der Waals surface area contributed by atoms with Crippen molar-refractivity contribution in [2.75, 3.05) is 28.6 Å². The van der Waals surface area contributed by atoms with E-state index in [1.807, 2.05) is 49.4 Å². The molecule has 0 bridgehead atoms. The second-order valence-electron chi connectivity index (χ2n) is 6.94. The van der Waals surface area contributed by atoms with Crippen molar-refractivity contribution in [3.63, 3.8) is 0 Å². The summed E-state index contributed by atoms with van der Waals surface area (Å²) in [5.74, 6) is -0.558. The molecule has 3 rings (SSSR count). The van der Waals surface area contributed by atoms with Crippen LogP contribution in [0.1, 0.15) is 25.3 Å². The summed E-state index contributed by atoms with van der Waals surface area (Å²) in [6.45, 7) is 6.29. The Balaban J connectivity index is 1.57. The van der Waals surface area contributed by atoms with Crippen LogP contribution >= 0.6 is 0 Å². The number of benzene rings is 2. The van der Waals surface area contributed by atoms with E-state index in [2.05, 4.69) is 22.5 Å². The molecule has 1 fully saturated rings. The highest BCUT2D eigenvalue weighted by Gasteiger charge is 2.17. The topological polar surface area (TPSA) is 61.4 Å². The molecular formula is C21H25N3O2. The van der Waals surface area contributed by atoms with Gasteiger partial charge in [-0.1, -0.05) is 25.1 Å². The lowest BCUT2D eigenvalue weighted by Crippen LogP contribution is -2.32. The quantitative estimate of drug-likeness (QED) is 0.827. The standard InChI is InChI=1S/C21H25N3O2/c1-15-11-13-24(14-12-15)18-9-7-17(8-10-18)22-20(25)21(26)23-19-6-4-3-5-16(19)2/h3-10,15H,11-14H2,1-2H3,(H,22,25)(H,23,26). The summed E-state index contributed by atoms with van der Waals surface area (Å²) in [6.07, 6.45) is 2.41. The van der Waals surface area contributed by atoms with Crippen LogP contribution in [0, 0.1) is 12.8 Å². The Hall–Kier alpha value is -2.82. The van der Waals surface area contributed by atoms with Gasteiger partial charge in [0.05, 0.1) is 0 Å². The first-order valence-corrected chi connectivity index (χ1v) is 9.06. The van der Waals surface area contributed by atoms with Gasteiger partial charge in [0, 0.05) is 30.2 Å². The Kier molecular flexibility index (Phi) is 5.56. The summed E-state index contributed by atoms with van der Waals surface area (Å²) in [6, 6.07) is 15.0. The minimum Gasteiger partial charge on any atom is -0.372 e. The molecule has 1 saturated heterocycles. The summed E-state index contributed by atoms with van der Waals surface area (Å²) >= 11 is 0. The van der Waals surface area contributed by atoms with Gasteiger partial charge >= 0.3 is 11.8 Å². The number of carbonyl (C=O) groups is 2. The molecule has 2 aromatic rings. The van der Waals surface area contributed by atoms with Crippen LogP contribution in [0.25, 0.3) is 0 Å². The normalized spacial score (nSPS) is 14.8. The number of nitrogens with one attached hydrogen (secondary N) is 2. The lowest BCUT2D eigenvalue weighted by Gasteiger charge is -2.32. The lowest BCUT2D eigenvalue weighted by atomic mass is 9.99. The van der Waals surface area contributed by atoms with Crippen molar-refractivity contribution in [3.8, 4) is 0 Å². The second kappa shape index (κ2) is 8.04. The predicted molar refractivity (Wildman–Crippen MR) is 105 cm³/mol. The van der Waals surface area contributed by atoms with Crippen molar-refractivity contribution in [2.45, 2.75) is 26.7 Å². The van der Waals surface area contributed by atoms with Crippen LogP contribution < -0.4 is 15.5 Å². The smallest absolute Gasteiger partial charge is 0.314 e. The Morgan fingerprint density at radius 1 is 0.923 bits per heavy atom. The van der Waals surface area contributed by atoms with Crippen molar-refractivity contribution in [1.29, 1.82) is 0 Å². The Labute approximate surface area is 154 Å². The summed E-state index contributed by atoms with van der Waals surface area (Å²) in [5.41, 5.74) is 3.32. The minimum atomic E-state index is -0.673. The van der Waals surface area contributed by atoms with E-state index in [0.717, 1.165) is 30.3 Å². The fourth-order valence-corrected chi connectivity index (χ4v) is 3.10. The van der Waals surface area contributed by atoms with Crippen molar-refractivity contribution in [1.82, 2.24) is 0 Å². The number of piperidine rings is 1. The number of anilines is 3. The molecule has 1 heterocycles. The van der Waals surface area contributed by atoms with E-state index in [-0.39, 0.29) is 0 Å². The third kappa shape index (κ3) is 4.42. The molecule has 0 aromatic heterocycles. The number of nitrogens with zero attached hydrogens (tertiary/aromatic N) is 1. The number of hydrogen-bond acceptors (Lipinski definition) is 3. The number of aryl methyl sites for hydroxylation is 1. The maximum Gasteiger partial charge on any atom is 0.314 e. The molecule has 1 aliphatic heterocycles. The van der Waals surface area contributed by atoms with Gasteiger partial charge in [-0.2, -0.15) is 0 Å². The summed E-state index contributed by atoms with van der Waals surface area (Å²) < 4.78 is 0. The number of rotatable bonds is 3. The average Bonchev–Trinajstić information content (AvgIpc) is 2.65. The summed E-state index contributed by atoms with van der Waals surface area (Å²) in [7, 11) is 0. The molecule has 26 heavy (non-hydrogen) atoms. The van der Waals surface area contributed by atoms with Crippen molar-refractivity contribution >= 4 is 28.9 Å². The molecule has 2 N–H and O–H groups in total. The molecule has 0 radical (unpaired) electrons. The van der Waals surface area contributed by atoms with Crippen LogP contribution in [0.4, 0.5) is 17.1 Å². The zero-order valence-electron chi connectivity index (χ0n) is 15.3. The van der Waals surface area contributed by atoms with E-state index in [9.17, 15) is 9.59 Å². The van der Waals surface area contributed by atoms with Gasteiger partial charge in [0.2, 0.25) is 0 Å². The van der Waals surface area contributed by atoms with Crippen LogP contribution in [0.15, 0.2) is 48.5 Å². The molecular weight excluding hydrogens is 326 g/mol. The van der Waals surface area contributed by atoms with Crippen LogP contribution in [-0.4, -0.2) is 24.9 Å². The molecule has 5 nitrogen and oxygen atoms in total. The van der Waals surface area contributed by atoms with Crippen LogP contribution in [0.2, 0.25) is 0 Å². The highest BCUT2D eigenvalue weighted by atomic mass is 16.2. The number of para-hydroxylation sites is 1. The average molecular weight is 351 g/mol. The Bertz CT molecular complexity index is 778. The van der Waals surface area contributed by atoms with E-state index < -0.39 is 11.8 Å². The van der Waals surface area contributed by atoms with Gasteiger partial charge in [0.15, 0.2) is 0 Å². The zero-order valence-corrected chi connectivity index (χ0v) is 15.3. The van der Waals surface area contributed by atoms with E-state index in [1.165, 1.54) is 12.8 Å². The van der Waals surface area contributed by atoms with Crippen molar-refractivity contribution < 1.29 is 9.59 Å². The van der Waals surface area contributed by atoms with Gasteiger partial charge in [0.25, 0.3) is 0 Å². The first kappa shape index (κ1) is 18.0. The SMILES string of the molecule is Cc1ccccc1NC(=O)C(=O)Nc1ccc(N2CCC(C)CC2)cc1. The fourth-order valence-electron chi connectivity index (χ4n) is 3.10. The molecule has 0 saturated carbocycles. The highest BCUT2D eigenvalue weighted by molar-refractivity contribution is 6.43. The van der Waals surface area contributed by atoms with Gasteiger partial charge in [-0.3, -0.25) is 9.59 Å². The maximum atomic E-state index is 12.1. The maximum absolute atomic E-state index is 12.1. The third-order valence-electron chi connectivity index (χ3n) is 4.87. The van der Waals surface area contributed by atoms with Crippen LogP contribution in [0.3, 0.4) is 0 Å². The van der Waals surface area contributed by atoms with Crippen molar-refractivity contribution in [2.24, 2.45) is 5.92 Å². The van der Waals surface area contributed by atoms with E-state index in [1.54, 1.807) is 6.07 Å².